The molecule has 258 valence electrons. The van der Waals surface area contributed by atoms with E-state index in [9.17, 15) is 0 Å². The molecule has 1 spiro atoms. The minimum atomic E-state index is -0.537. The van der Waals surface area contributed by atoms with Crippen LogP contribution in [0.15, 0.2) is 212 Å². The molecule has 0 fully saturated rings. The lowest BCUT2D eigenvalue weighted by molar-refractivity contribution is 0.436. The van der Waals surface area contributed by atoms with Crippen molar-refractivity contribution in [3.63, 3.8) is 0 Å². The van der Waals surface area contributed by atoms with Gasteiger partial charge in [0.1, 0.15) is 11.5 Å². The fourth-order valence-electron chi connectivity index (χ4n) is 9.14. The van der Waals surface area contributed by atoms with Crippen LogP contribution >= 0.6 is 0 Å². The molecular formula is C53H35NO. The Bertz CT molecular complexity index is 2850. The second kappa shape index (κ2) is 12.5. The number of rotatable bonds is 5. The summed E-state index contributed by atoms with van der Waals surface area (Å²) < 4.78 is 6.61. The van der Waals surface area contributed by atoms with Crippen molar-refractivity contribution in [1.29, 1.82) is 0 Å². The molecule has 55 heavy (non-hydrogen) atoms. The van der Waals surface area contributed by atoms with Gasteiger partial charge in [0, 0.05) is 28.2 Å². The summed E-state index contributed by atoms with van der Waals surface area (Å²) in [5.74, 6) is 1.79. The Morgan fingerprint density at radius 2 is 0.891 bits per heavy atom. The molecule has 0 radical (unpaired) electrons. The van der Waals surface area contributed by atoms with Crippen molar-refractivity contribution in [3.8, 4) is 44.9 Å². The number of nitrogens with zero attached hydrogens (tertiary/aromatic N) is 1. The molecule has 9 aromatic rings. The third-order valence-electron chi connectivity index (χ3n) is 11.5. The molecule has 0 saturated carbocycles. The number of ether oxygens (including phenoxy) is 1. The molecule has 0 amide bonds. The van der Waals surface area contributed by atoms with E-state index in [0.717, 1.165) is 39.7 Å². The van der Waals surface area contributed by atoms with E-state index < -0.39 is 5.41 Å². The summed E-state index contributed by atoms with van der Waals surface area (Å²) in [6.45, 7) is 0. The summed E-state index contributed by atoms with van der Waals surface area (Å²) in [5, 5.41) is 2.48. The summed E-state index contributed by atoms with van der Waals surface area (Å²) in [5.41, 5.74) is 15.0. The highest BCUT2D eigenvalue weighted by molar-refractivity contribution is 6.00. The molecule has 1 heterocycles. The maximum Gasteiger partial charge on any atom is 0.132 e. The maximum absolute atomic E-state index is 6.61. The number of benzene rings is 9. The Morgan fingerprint density at radius 3 is 1.64 bits per heavy atom. The molecule has 9 aromatic carbocycles. The zero-order chi connectivity index (χ0) is 36.3. The first-order chi connectivity index (χ1) is 27.3. The molecule has 0 N–H and O–H groups in total. The molecule has 0 unspecified atom stereocenters. The minimum Gasteiger partial charge on any atom is -0.457 e. The standard InChI is InChI=1S/C53H35NO/c1-3-15-36(16-4-1)39-33-38-17-7-8-20-43(38)46(34-39)37-27-29-41(30-28-37)54(40-18-5-2-6-19-40)42-31-32-45-44-21-9-10-22-47(44)53(50(45)35-42)48-23-11-13-25-51(48)55-52-26-14-12-24-49(52)53/h1-35H. The predicted octanol–water partition coefficient (Wildman–Crippen LogP) is 14.1. The van der Waals surface area contributed by atoms with Gasteiger partial charge in [-0.3, -0.25) is 0 Å². The van der Waals surface area contributed by atoms with Crippen LogP contribution in [0.1, 0.15) is 22.3 Å². The van der Waals surface area contributed by atoms with Crippen molar-refractivity contribution in [1.82, 2.24) is 0 Å². The normalized spacial score (nSPS) is 13.0. The highest BCUT2D eigenvalue weighted by atomic mass is 16.5. The fourth-order valence-corrected chi connectivity index (χ4v) is 9.14. The summed E-state index contributed by atoms with van der Waals surface area (Å²) >= 11 is 0. The number of hydrogen-bond acceptors (Lipinski definition) is 2. The first-order valence-corrected chi connectivity index (χ1v) is 18.9. The molecule has 0 atom stereocenters. The van der Waals surface area contributed by atoms with Gasteiger partial charge in [-0.15, -0.1) is 0 Å². The van der Waals surface area contributed by atoms with Gasteiger partial charge in [-0.05, 0) is 116 Å². The van der Waals surface area contributed by atoms with Gasteiger partial charge in [0.2, 0.25) is 0 Å². The Kier molecular flexibility index (Phi) is 7.11. The molecule has 11 rings (SSSR count). The van der Waals surface area contributed by atoms with E-state index in [1.807, 2.05) is 0 Å². The molecule has 2 aliphatic rings. The largest absolute Gasteiger partial charge is 0.457 e. The van der Waals surface area contributed by atoms with Gasteiger partial charge >= 0.3 is 0 Å². The molecule has 1 aliphatic carbocycles. The average molecular weight is 702 g/mol. The number of fused-ring (bicyclic) bond motifs is 10. The first-order valence-electron chi connectivity index (χ1n) is 18.9. The van der Waals surface area contributed by atoms with Crippen LogP contribution in [0.4, 0.5) is 17.1 Å². The van der Waals surface area contributed by atoms with Crippen molar-refractivity contribution in [2.75, 3.05) is 4.90 Å². The van der Waals surface area contributed by atoms with E-state index in [0.29, 0.717) is 0 Å². The van der Waals surface area contributed by atoms with Crippen LogP contribution in [0.3, 0.4) is 0 Å². The van der Waals surface area contributed by atoms with E-state index in [2.05, 4.69) is 217 Å². The first kappa shape index (κ1) is 31.4. The maximum atomic E-state index is 6.61. The predicted molar refractivity (Wildman–Crippen MR) is 227 cm³/mol. The molecular weight excluding hydrogens is 667 g/mol. The lowest BCUT2D eigenvalue weighted by Crippen LogP contribution is -2.32. The second-order valence-electron chi connectivity index (χ2n) is 14.4. The van der Waals surface area contributed by atoms with Gasteiger partial charge in [-0.1, -0.05) is 152 Å². The van der Waals surface area contributed by atoms with Crippen LogP contribution in [0, 0.1) is 0 Å². The third kappa shape index (κ3) is 4.82. The van der Waals surface area contributed by atoms with Crippen molar-refractivity contribution in [2.24, 2.45) is 0 Å². The van der Waals surface area contributed by atoms with E-state index in [1.165, 1.54) is 55.3 Å². The Hall–Kier alpha value is -7.16. The topological polar surface area (TPSA) is 12.5 Å². The summed E-state index contributed by atoms with van der Waals surface area (Å²) in [6.07, 6.45) is 0. The van der Waals surface area contributed by atoms with Crippen LogP contribution in [-0.2, 0) is 5.41 Å². The number of anilines is 3. The second-order valence-corrected chi connectivity index (χ2v) is 14.4. The van der Waals surface area contributed by atoms with Crippen LogP contribution < -0.4 is 9.64 Å². The number of para-hydroxylation sites is 3. The quantitative estimate of drug-likeness (QED) is 0.177. The monoisotopic (exact) mass is 701 g/mol. The summed E-state index contributed by atoms with van der Waals surface area (Å²) in [6, 6.07) is 76.8. The molecule has 0 aromatic heterocycles. The van der Waals surface area contributed by atoms with Crippen LogP contribution in [0.2, 0.25) is 0 Å². The number of hydrogen-bond donors (Lipinski definition) is 0. The van der Waals surface area contributed by atoms with Gasteiger partial charge in [-0.2, -0.15) is 0 Å². The zero-order valence-corrected chi connectivity index (χ0v) is 30.1. The van der Waals surface area contributed by atoms with E-state index in [1.54, 1.807) is 0 Å². The van der Waals surface area contributed by atoms with Gasteiger partial charge < -0.3 is 9.64 Å². The SMILES string of the molecule is c1ccc(-c2cc(-c3ccc(N(c4ccccc4)c4ccc5c(c4)C4(c6ccccc6Oc6ccccc64)c4ccccc4-5)cc3)c3ccccc3c2)cc1. The van der Waals surface area contributed by atoms with Crippen molar-refractivity contribution in [3.05, 3.63) is 235 Å². The third-order valence-corrected chi connectivity index (χ3v) is 11.5. The van der Waals surface area contributed by atoms with Crippen LogP contribution in [0.25, 0.3) is 44.2 Å². The summed E-state index contributed by atoms with van der Waals surface area (Å²) in [4.78, 5) is 2.39. The molecule has 2 nitrogen and oxygen atoms in total. The smallest absolute Gasteiger partial charge is 0.132 e. The highest BCUT2D eigenvalue weighted by Crippen LogP contribution is 2.62. The van der Waals surface area contributed by atoms with Crippen molar-refractivity contribution < 1.29 is 4.74 Å². The van der Waals surface area contributed by atoms with Gasteiger partial charge in [0.25, 0.3) is 0 Å². The average Bonchev–Trinajstić information content (AvgIpc) is 3.54. The molecule has 1 aliphatic heterocycles. The molecule has 0 bridgehead atoms. The Morgan fingerprint density at radius 1 is 0.327 bits per heavy atom. The van der Waals surface area contributed by atoms with E-state index in [-0.39, 0.29) is 0 Å². The minimum absolute atomic E-state index is 0.537. The lowest BCUT2D eigenvalue weighted by atomic mass is 9.66. The Labute approximate surface area is 321 Å². The van der Waals surface area contributed by atoms with E-state index >= 15 is 0 Å². The van der Waals surface area contributed by atoms with Crippen molar-refractivity contribution in [2.45, 2.75) is 5.41 Å². The summed E-state index contributed by atoms with van der Waals surface area (Å²) in [7, 11) is 0. The molecule has 2 heteroatoms. The van der Waals surface area contributed by atoms with Gasteiger partial charge in [-0.25, -0.2) is 0 Å². The lowest BCUT2D eigenvalue weighted by Gasteiger charge is -2.39. The van der Waals surface area contributed by atoms with Crippen molar-refractivity contribution >= 4 is 27.8 Å². The van der Waals surface area contributed by atoms with E-state index in [4.69, 9.17) is 4.74 Å². The molecule has 0 saturated heterocycles. The van der Waals surface area contributed by atoms with Crippen LogP contribution in [0.5, 0.6) is 11.5 Å². The highest BCUT2D eigenvalue weighted by Gasteiger charge is 2.51. The van der Waals surface area contributed by atoms with Crippen LogP contribution in [-0.4, -0.2) is 0 Å². The van der Waals surface area contributed by atoms with Gasteiger partial charge in [0.05, 0.1) is 5.41 Å². The van der Waals surface area contributed by atoms with Gasteiger partial charge in [0.15, 0.2) is 0 Å². The fraction of sp³-hybridized carbons (Fsp3) is 0.0189. The Balaban J connectivity index is 1.09. The zero-order valence-electron chi connectivity index (χ0n) is 30.1.